The van der Waals surface area contributed by atoms with Gasteiger partial charge in [0.15, 0.2) is 11.2 Å². The van der Waals surface area contributed by atoms with Crippen molar-refractivity contribution in [2.75, 3.05) is 11.1 Å². The van der Waals surface area contributed by atoms with Gasteiger partial charge in [0.05, 0.1) is 12.1 Å². The second kappa shape index (κ2) is 7.51. The first-order valence-corrected chi connectivity index (χ1v) is 9.17. The lowest BCUT2D eigenvalue weighted by Gasteiger charge is -2.18. The monoisotopic (exact) mass is 447 g/mol. The van der Waals surface area contributed by atoms with Crippen LogP contribution in [0, 0.1) is 5.82 Å². The highest BCUT2D eigenvalue weighted by Gasteiger charge is 2.51. The van der Waals surface area contributed by atoms with Crippen molar-refractivity contribution in [1.29, 1.82) is 0 Å². The van der Waals surface area contributed by atoms with E-state index in [1.807, 2.05) is 0 Å². The molecule has 1 aromatic carbocycles. The number of alkyl halides is 2. The molecule has 13 heteroatoms. The fraction of sp³-hybridized carbons (Fsp3) is 0.211. The number of halogens is 3. The van der Waals surface area contributed by atoms with Crippen LogP contribution in [-0.2, 0) is 21.5 Å². The van der Waals surface area contributed by atoms with Gasteiger partial charge >= 0.3 is 6.61 Å². The molecule has 0 fully saturated rings. The number of nitrogens with one attached hydrogen (secondary N) is 1. The zero-order valence-electron chi connectivity index (χ0n) is 16.5. The van der Waals surface area contributed by atoms with Crippen LogP contribution in [0.3, 0.4) is 0 Å². The van der Waals surface area contributed by atoms with Gasteiger partial charge in [0.1, 0.15) is 23.1 Å². The van der Waals surface area contributed by atoms with Crippen molar-refractivity contribution in [3.05, 3.63) is 47.3 Å². The summed E-state index contributed by atoms with van der Waals surface area (Å²) in [6.07, 6.45) is 0. The normalized spacial score (nSPS) is 17.3. The Morgan fingerprint density at radius 1 is 1.31 bits per heavy atom. The number of hydrogen-bond donors (Lipinski definition) is 3. The smallest absolute Gasteiger partial charge is 0.388 e. The summed E-state index contributed by atoms with van der Waals surface area (Å²) in [6, 6.07) is 6.87. The van der Waals surface area contributed by atoms with E-state index in [1.54, 1.807) is 6.07 Å². The molecule has 166 valence electrons. The highest BCUT2D eigenvalue weighted by molar-refractivity contribution is 6.20. The summed E-state index contributed by atoms with van der Waals surface area (Å²) in [4.78, 5) is 32.4. The van der Waals surface area contributed by atoms with E-state index in [1.165, 1.54) is 25.1 Å². The Hall–Kier alpha value is -4.16. The second-order valence-electron chi connectivity index (χ2n) is 7.09. The van der Waals surface area contributed by atoms with Gasteiger partial charge in [0, 0.05) is 11.6 Å². The van der Waals surface area contributed by atoms with Crippen molar-refractivity contribution in [2.24, 2.45) is 5.73 Å². The molecule has 3 aromatic rings. The number of amides is 2. The molecule has 0 bridgehead atoms. The van der Waals surface area contributed by atoms with Gasteiger partial charge in [-0.3, -0.25) is 9.59 Å². The Morgan fingerprint density at radius 2 is 2.03 bits per heavy atom. The number of anilines is 2. The maximum atomic E-state index is 14.0. The van der Waals surface area contributed by atoms with Crippen LogP contribution in [0.1, 0.15) is 18.1 Å². The van der Waals surface area contributed by atoms with Gasteiger partial charge in [-0.1, -0.05) is 18.2 Å². The molecule has 2 amide bonds. The molecule has 5 N–H and O–H groups in total. The average molecular weight is 447 g/mol. The number of rotatable bonds is 6. The highest BCUT2D eigenvalue weighted by atomic mass is 19.3. The Kier molecular flexibility index (Phi) is 4.95. The van der Waals surface area contributed by atoms with Crippen LogP contribution in [0.5, 0.6) is 5.88 Å². The van der Waals surface area contributed by atoms with E-state index < -0.39 is 29.7 Å². The quantitative estimate of drug-likeness (QED) is 0.483. The number of carbonyl (C=O) groups excluding carboxylic acids is 2. The minimum atomic E-state index is -3.17. The van der Waals surface area contributed by atoms with Gasteiger partial charge in [-0.2, -0.15) is 13.9 Å². The van der Waals surface area contributed by atoms with E-state index in [4.69, 9.17) is 11.5 Å². The highest BCUT2D eigenvalue weighted by Crippen LogP contribution is 2.40. The van der Waals surface area contributed by atoms with Crippen molar-refractivity contribution in [1.82, 2.24) is 19.7 Å². The second-order valence-corrected chi connectivity index (χ2v) is 7.09. The van der Waals surface area contributed by atoms with E-state index in [-0.39, 0.29) is 46.7 Å². The summed E-state index contributed by atoms with van der Waals surface area (Å²) in [5, 5.41) is 6.55. The first-order chi connectivity index (χ1) is 15.1. The molecule has 1 aliphatic rings. The molecule has 3 heterocycles. The standard InChI is InChI=1S/C19H16F3N7O3/c1-19(16(24)30)12-13(23)25-14(26-15(12)27-17(19)31)10-6-11(32-18(21)22)29(28-10)7-8-4-2-3-5-9(8)20/h2-6,18H,7H2,1H3,(H2,24,30)(H3,23,25,26,27,31). The van der Waals surface area contributed by atoms with Crippen LogP contribution < -0.4 is 21.5 Å². The predicted octanol–water partition coefficient (Wildman–Crippen LogP) is 1.41. The third-order valence-electron chi connectivity index (χ3n) is 5.08. The molecule has 1 atom stereocenters. The third-order valence-corrected chi connectivity index (χ3v) is 5.08. The van der Waals surface area contributed by atoms with Crippen LogP contribution in [0.15, 0.2) is 30.3 Å². The summed E-state index contributed by atoms with van der Waals surface area (Å²) < 4.78 is 45.3. The zero-order valence-corrected chi connectivity index (χ0v) is 16.5. The first kappa shape index (κ1) is 21.1. The SMILES string of the molecule is CC1(C(N)=O)C(=O)Nc2nc(-c3cc(OC(F)F)n(Cc4ccccc4F)n3)nc(N)c21. The minimum Gasteiger partial charge on any atom is -0.417 e. The van der Waals surface area contributed by atoms with Crippen LogP contribution in [0.25, 0.3) is 11.5 Å². The van der Waals surface area contributed by atoms with E-state index in [9.17, 15) is 22.8 Å². The summed E-state index contributed by atoms with van der Waals surface area (Å²) in [7, 11) is 0. The molecule has 32 heavy (non-hydrogen) atoms. The Bertz CT molecular complexity index is 1250. The van der Waals surface area contributed by atoms with Crippen LogP contribution in [0.2, 0.25) is 0 Å². The predicted molar refractivity (Wildman–Crippen MR) is 105 cm³/mol. The molecular formula is C19H16F3N7O3. The van der Waals surface area contributed by atoms with E-state index in [2.05, 4.69) is 25.1 Å². The molecule has 0 aliphatic carbocycles. The molecule has 0 spiro atoms. The molecule has 1 aliphatic heterocycles. The van der Waals surface area contributed by atoms with Crippen molar-refractivity contribution in [3.63, 3.8) is 0 Å². The van der Waals surface area contributed by atoms with Gasteiger partial charge < -0.3 is 21.5 Å². The summed E-state index contributed by atoms with van der Waals surface area (Å²) in [6.45, 7) is -2.10. The zero-order chi connectivity index (χ0) is 23.2. The fourth-order valence-electron chi connectivity index (χ4n) is 3.35. The number of nitrogens with two attached hydrogens (primary N) is 2. The summed E-state index contributed by atoms with van der Waals surface area (Å²) in [5.41, 5.74) is 9.72. The molecule has 0 saturated heterocycles. The van der Waals surface area contributed by atoms with Crippen molar-refractivity contribution < 1.29 is 27.5 Å². The molecule has 0 saturated carbocycles. The Balaban J connectivity index is 1.78. The van der Waals surface area contributed by atoms with Crippen LogP contribution in [0.4, 0.5) is 24.8 Å². The fourth-order valence-corrected chi connectivity index (χ4v) is 3.35. The molecule has 1 unspecified atom stereocenters. The molecular weight excluding hydrogens is 431 g/mol. The van der Waals surface area contributed by atoms with Gasteiger partial charge in [-0.25, -0.2) is 19.0 Å². The molecule has 10 nitrogen and oxygen atoms in total. The lowest BCUT2D eigenvalue weighted by atomic mass is 9.84. The largest absolute Gasteiger partial charge is 0.417 e. The number of ether oxygens (including phenoxy) is 1. The number of hydrogen-bond acceptors (Lipinski definition) is 7. The summed E-state index contributed by atoms with van der Waals surface area (Å²) >= 11 is 0. The Labute approximate surface area is 178 Å². The number of benzene rings is 1. The van der Waals surface area contributed by atoms with Crippen molar-refractivity contribution in [2.45, 2.75) is 25.5 Å². The number of fused-ring (bicyclic) bond motifs is 1. The maximum Gasteiger partial charge on any atom is 0.388 e. The third kappa shape index (κ3) is 3.36. The molecule has 4 rings (SSSR count). The van der Waals surface area contributed by atoms with E-state index in [0.717, 1.165) is 10.7 Å². The number of primary amides is 1. The lowest BCUT2D eigenvalue weighted by Crippen LogP contribution is -2.44. The first-order valence-electron chi connectivity index (χ1n) is 9.17. The topological polar surface area (TPSA) is 151 Å². The van der Waals surface area contributed by atoms with E-state index in [0.29, 0.717) is 0 Å². The maximum absolute atomic E-state index is 14.0. The van der Waals surface area contributed by atoms with Gasteiger partial charge in [0.25, 0.3) is 0 Å². The van der Waals surface area contributed by atoms with Gasteiger partial charge in [-0.05, 0) is 13.0 Å². The molecule has 0 radical (unpaired) electrons. The number of nitrogen functional groups attached to an aromatic ring is 1. The lowest BCUT2D eigenvalue weighted by molar-refractivity contribution is -0.131. The Morgan fingerprint density at radius 3 is 2.69 bits per heavy atom. The number of carbonyl (C=O) groups is 2. The minimum absolute atomic E-state index is 0.00796. The van der Waals surface area contributed by atoms with Crippen molar-refractivity contribution in [3.8, 4) is 17.4 Å². The average Bonchev–Trinajstić information content (AvgIpc) is 3.22. The number of nitrogens with zero attached hydrogens (tertiary/aromatic N) is 4. The number of aromatic nitrogens is 4. The van der Waals surface area contributed by atoms with E-state index >= 15 is 0 Å². The molecule has 2 aromatic heterocycles. The van der Waals surface area contributed by atoms with Gasteiger partial charge in [-0.15, -0.1) is 0 Å². The van der Waals surface area contributed by atoms with Crippen molar-refractivity contribution >= 4 is 23.5 Å². The van der Waals surface area contributed by atoms with Crippen LogP contribution in [-0.4, -0.2) is 38.2 Å². The van der Waals surface area contributed by atoms with Gasteiger partial charge in [0.2, 0.25) is 17.7 Å². The van der Waals surface area contributed by atoms with Crippen LogP contribution >= 0.6 is 0 Å². The summed E-state index contributed by atoms with van der Waals surface area (Å²) in [5.74, 6) is -3.01.